The fourth-order valence-corrected chi connectivity index (χ4v) is 10.1. The summed E-state index contributed by atoms with van der Waals surface area (Å²) in [6, 6.07) is 24.4. The van der Waals surface area contributed by atoms with Crippen LogP contribution in [0.25, 0.3) is 16.5 Å². The van der Waals surface area contributed by atoms with E-state index < -0.39 is 25.7 Å². The topological polar surface area (TPSA) is 150 Å². The fourth-order valence-electron chi connectivity index (χ4n) is 8.96. The van der Waals surface area contributed by atoms with Crippen LogP contribution in [-0.2, 0) is 10.0 Å². The zero-order valence-corrected chi connectivity index (χ0v) is 36.3. The number of H-pyrrole nitrogens is 1. The number of aromatic amines is 1. The molecule has 0 atom stereocenters. The van der Waals surface area contributed by atoms with Crippen LogP contribution < -0.4 is 19.7 Å². The number of hydrogen-bond acceptors (Lipinski definition) is 9. The molecule has 1 aromatic heterocycles. The number of carbonyl (C=O) groups is 1. The van der Waals surface area contributed by atoms with Gasteiger partial charge in [0.15, 0.2) is 0 Å². The second-order valence-electron chi connectivity index (χ2n) is 17.5. The Morgan fingerprint density at radius 3 is 2.48 bits per heavy atom. The van der Waals surface area contributed by atoms with E-state index in [-0.39, 0.29) is 28.1 Å². The molecule has 1 saturated heterocycles. The van der Waals surface area contributed by atoms with Gasteiger partial charge in [0.2, 0.25) is 0 Å². The van der Waals surface area contributed by atoms with E-state index in [4.69, 9.17) is 16.3 Å². The number of fused-ring (bicyclic) bond motifs is 1. The highest BCUT2D eigenvalue weighted by molar-refractivity contribution is 7.90. The van der Waals surface area contributed by atoms with Gasteiger partial charge in [-0.2, -0.15) is 0 Å². The monoisotopic (exact) mass is 864 g/mol. The molecule has 1 amide bonds. The van der Waals surface area contributed by atoms with Crippen molar-refractivity contribution < 1.29 is 22.9 Å². The van der Waals surface area contributed by atoms with Gasteiger partial charge < -0.3 is 19.9 Å². The van der Waals surface area contributed by atoms with Crippen molar-refractivity contribution in [2.45, 2.75) is 70.1 Å². The lowest BCUT2D eigenvalue weighted by atomic mass is 9.72. The van der Waals surface area contributed by atoms with Crippen LogP contribution >= 0.6 is 11.6 Å². The maximum absolute atomic E-state index is 13.9. The molecule has 0 bridgehead atoms. The summed E-state index contributed by atoms with van der Waals surface area (Å²) in [5.41, 5.74) is 5.99. The van der Waals surface area contributed by atoms with Gasteiger partial charge in [-0.25, -0.2) is 13.1 Å². The highest BCUT2D eigenvalue weighted by atomic mass is 35.5. The Labute approximate surface area is 362 Å². The Bertz CT molecular complexity index is 2560. The number of aromatic nitrogens is 1. The van der Waals surface area contributed by atoms with Crippen molar-refractivity contribution in [1.29, 1.82) is 0 Å². The zero-order chi connectivity index (χ0) is 42.7. The van der Waals surface area contributed by atoms with E-state index >= 15 is 0 Å². The Hall–Kier alpha value is -5.37. The molecule has 14 heteroatoms. The maximum Gasteiger partial charge on any atom is 0.293 e. The molecule has 8 rings (SSSR count). The van der Waals surface area contributed by atoms with Crippen LogP contribution in [0.4, 0.5) is 17.1 Å². The quantitative estimate of drug-likeness (QED) is 0.0776. The van der Waals surface area contributed by atoms with Crippen molar-refractivity contribution in [2.24, 2.45) is 11.3 Å². The zero-order valence-electron chi connectivity index (χ0n) is 34.7. The number of allylic oxidation sites excluding steroid dienone is 1. The Morgan fingerprint density at radius 2 is 1.72 bits per heavy atom. The Balaban J connectivity index is 1.00. The van der Waals surface area contributed by atoms with Crippen LogP contribution in [0.2, 0.25) is 5.02 Å². The van der Waals surface area contributed by atoms with E-state index in [1.165, 1.54) is 35.3 Å². The number of nitrogens with one attached hydrogen (secondary N) is 3. The average molecular weight is 865 g/mol. The molecule has 1 saturated carbocycles. The maximum atomic E-state index is 13.9. The molecule has 1 aliphatic heterocycles. The van der Waals surface area contributed by atoms with Crippen LogP contribution in [0.1, 0.15) is 81.1 Å². The molecule has 320 valence electrons. The number of rotatable bonds is 13. The summed E-state index contributed by atoms with van der Waals surface area (Å²) in [5, 5.41) is 16.9. The first-order valence-corrected chi connectivity index (χ1v) is 23.1. The number of sulfonamides is 1. The van der Waals surface area contributed by atoms with E-state index in [2.05, 4.69) is 50.8 Å². The Kier molecular flexibility index (Phi) is 12.4. The SMILES string of the molecule is CC1(C)CCC(CN2CCN(c3ccc(C(=O)NS(=O)(=O)c4ccc(NCC5CCCCC5)c([N+](=O)[O-])c4)c(Oc4ccc5[nH]ccc5c4)c3)CC2)=C(c2ccc(Cl)cc2)C1. The van der Waals surface area contributed by atoms with Crippen LogP contribution in [0, 0.1) is 21.4 Å². The van der Waals surface area contributed by atoms with Crippen molar-refractivity contribution in [3.8, 4) is 11.5 Å². The van der Waals surface area contributed by atoms with E-state index in [9.17, 15) is 23.3 Å². The third kappa shape index (κ3) is 10.1. The highest BCUT2D eigenvalue weighted by Gasteiger charge is 2.30. The smallest absolute Gasteiger partial charge is 0.293 e. The van der Waals surface area contributed by atoms with Crippen LogP contribution in [0.15, 0.2) is 102 Å². The van der Waals surface area contributed by atoms with Crippen LogP contribution in [0.5, 0.6) is 11.5 Å². The lowest BCUT2D eigenvalue weighted by molar-refractivity contribution is -0.384. The number of nitro benzene ring substituents is 1. The van der Waals surface area contributed by atoms with Gasteiger partial charge in [-0.05, 0) is 115 Å². The predicted octanol–water partition coefficient (Wildman–Crippen LogP) is 10.4. The third-order valence-electron chi connectivity index (χ3n) is 12.5. The molecule has 3 N–H and O–H groups in total. The number of benzene rings is 4. The molecule has 12 nitrogen and oxygen atoms in total. The number of nitro groups is 1. The third-order valence-corrected chi connectivity index (χ3v) is 14.1. The summed E-state index contributed by atoms with van der Waals surface area (Å²) in [4.78, 5) is 32.9. The molecular weight excluding hydrogens is 812 g/mol. The van der Waals surface area contributed by atoms with Gasteiger partial charge >= 0.3 is 0 Å². The minimum Gasteiger partial charge on any atom is -0.456 e. The molecule has 2 aliphatic carbocycles. The molecule has 4 aromatic carbocycles. The summed E-state index contributed by atoms with van der Waals surface area (Å²) in [5.74, 6) is 0.133. The summed E-state index contributed by atoms with van der Waals surface area (Å²) < 4.78 is 35.9. The minimum absolute atomic E-state index is 0.00211. The number of ether oxygens (including phenoxy) is 1. The van der Waals surface area contributed by atoms with Crippen molar-refractivity contribution in [1.82, 2.24) is 14.6 Å². The van der Waals surface area contributed by atoms with Gasteiger partial charge in [0.05, 0.1) is 15.4 Å². The summed E-state index contributed by atoms with van der Waals surface area (Å²) in [7, 11) is -4.52. The van der Waals surface area contributed by atoms with E-state index in [1.807, 2.05) is 36.5 Å². The number of piperazine rings is 1. The van der Waals surface area contributed by atoms with Crippen molar-refractivity contribution >= 4 is 61.1 Å². The van der Waals surface area contributed by atoms with Crippen molar-refractivity contribution in [3.05, 3.63) is 123 Å². The lowest BCUT2D eigenvalue weighted by Gasteiger charge is -2.39. The second kappa shape index (κ2) is 17.9. The minimum atomic E-state index is -4.52. The summed E-state index contributed by atoms with van der Waals surface area (Å²) in [6.45, 7) is 9.30. The van der Waals surface area contributed by atoms with Crippen LogP contribution in [0.3, 0.4) is 0 Å². The van der Waals surface area contributed by atoms with Gasteiger partial charge in [0.25, 0.3) is 21.6 Å². The van der Waals surface area contributed by atoms with Gasteiger partial charge in [-0.15, -0.1) is 0 Å². The van der Waals surface area contributed by atoms with Gasteiger partial charge in [-0.1, -0.05) is 62.4 Å². The first-order chi connectivity index (χ1) is 29.3. The molecule has 0 unspecified atom stereocenters. The molecule has 5 aromatic rings. The largest absolute Gasteiger partial charge is 0.456 e. The first-order valence-electron chi connectivity index (χ1n) is 21.2. The standard InChI is InChI=1S/C47H53ClN6O6S/c1-47(2)20-18-35(41(29-47)33-8-10-36(48)11-9-33)31-52-22-24-53(25-23-52)37-12-15-40(45(27-37)60-38-13-16-42-34(26-38)19-21-49-42)46(55)51-61(58,59)39-14-17-43(44(28-39)54(56)57)50-30-32-6-4-3-5-7-32/h8-17,19,21,26-28,32,49-50H,3-7,18,20,22-25,29-31H2,1-2H3,(H,51,55). The lowest BCUT2D eigenvalue weighted by Crippen LogP contribution is -2.47. The average Bonchev–Trinajstić information content (AvgIpc) is 3.72. The van der Waals surface area contributed by atoms with E-state index in [0.29, 0.717) is 18.2 Å². The second-order valence-corrected chi connectivity index (χ2v) is 19.6. The molecule has 61 heavy (non-hydrogen) atoms. The molecule has 0 radical (unpaired) electrons. The van der Waals surface area contributed by atoms with E-state index in [1.54, 1.807) is 24.3 Å². The predicted molar refractivity (Wildman–Crippen MR) is 242 cm³/mol. The van der Waals surface area contributed by atoms with Gasteiger partial charge in [-0.3, -0.25) is 19.8 Å². The fraction of sp³-hybridized carbons (Fsp3) is 0.383. The van der Waals surface area contributed by atoms with Crippen LogP contribution in [-0.4, -0.2) is 68.4 Å². The normalized spacial score (nSPS) is 17.7. The summed E-state index contributed by atoms with van der Waals surface area (Å²) in [6.07, 6.45) is 10.6. The van der Waals surface area contributed by atoms with E-state index in [0.717, 1.165) is 105 Å². The number of anilines is 2. The first kappa shape index (κ1) is 42.3. The number of amides is 1. The number of carbonyl (C=O) groups excluding carboxylic acids is 1. The van der Waals surface area contributed by atoms with Gasteiger partial charge in [0, 0.05) is 79.2 Å². The molecule has 0 spiro atoms. The number of halogens is 1. The summed E-state index contributed by atoms with van der Waals surface area (Å²) >= 11 is 6.24. The molecule has 2 fully saturated rings. The van der Waals surface area contributed by atoms with Crippen molar-refractivity contribution in [3.63, 3.8) is 0 Å². The van der Waals surface area contributed by atoms with Gasteiger partial charge in [0.1, 0.15) is 17.2 Å². The number of hydrogen-bond donors (Lipinski definition) is 3. The Morgan fingerprint density at radius 1 is 0.951 bits per heavy atom. The highest BCUT2D eigenvalue weighted by Crippen LogP contribution is 2.43. The number of nitrogens with zero attached hydrogens (tertiary/aromatic N) is 3. The molecule has 2 heterocycles. The molecular formula is C47H53ClN6O6S. The van der Waals surface area contributed by atoms with Crippen molar-refractivity contribution in [2.75, 3.05) is 49.5 Å². The molecule has 3 aliphatic rings.